The fraction of sp³-hybridized carbons (Fsp3) is 0.458. The van der Waals surface area contributed by atoms with Crippen LogP contribution in [0.4, 0.5) is 16.4 Å². The lowest BCUT2D eigenvalue weighted by molar-refractivity contribution is 0.102. The van der Waals surface area contributed by atoms with E-state index >= 15 is 0 Å². The van der Waals surface area contributed by atoms with Crippen molar-refractivity contribution in [2.45, 2.75) is 25.7 Å². The molecule has 5 rings (SSSR count). The lowest BCUT2D eigenvalue weighted by Gasteiger charge is -2.39. The number of likely N-dealkylation sites (tertiary alicyclic amines) is 1. The summed E-state index contributed by atoms with van der Waals surface area (Å²) in [4.78, 5) is 40.9. The third kappa shape index (κ3) is 5.14. The third-order valence-corrected chi connectivity index (χ3v) is 7.64. The summed E-state index contributed by atoms with van der Waals surface area (Å²) in [5.41, 5.74) is 1.27. The molecule has 0 aliphatic carbocycles. The Morgan fingerprint density at radius 3 is 2.46 bits per heavy atom. The highest BCUT2D eigenvalue weighted by Gasteiger charge is 2.30. The van der Waals surface area contributed by atoms with Gasteiger partial charge in [0.25, 0.3) is 5.91 Å². The molecule has 3 aromatic rings. The van der Waals surface area contributed by atoms with E-state index in [1.165, 1.54) is 11.3 Å². The second-order valence-corrected chi connectivity index (χ2v) is 9.92. The van der Waals surface area contributed by atoms with Gasteiger partial charge in [-0.3, -0.25) is 9.48 Å². The molecule has 0 atom stereocenters. The molecule has 10 nitrogen and oxygen atoms in total. The molecular weight excluding hydrogens is 464 g/mol. The van der Waals surface area contributed by atoms with Gasteiger partial charge >= 0.3 is 6.03 Å². The number of amides is 3. The number of carbonyl (C=O) groups excluding carboxylic acids is 2. The van der Waals surface area contributed by atoms with Crippen LogP contribution in [0.5, 0.6) is 0 Å². The average Bonchev–Trinajstić information content (AvgIpc) is 3.51. The lowest BCUT2D eigenvalue weighted by atomic mass is 9.98. The van der Waals surface area contributed by atoms with Crippen LogP contribution in [0, 0.1) is 6.92 Å². The molecule has 0 spiro atoms. The number of anilines is 2. The number of hydrogen-bond acceptors (Lipinski definition) is 7. The minimum Gasteiger partial charge on any atom is -0.353 e. The zero-order chi connectivity index (χ0) is 24.4. The van der Waals surface area contributed by atoms with Crippen LogP contribution in [0.3, 0.4) is 0 Å². The van der Waals surface area contributed by atoms with Crippen molar-refractivity contribution in [1.29, 1.82) is 0 Å². The standard InChI is InChI=1S/C24H30N8O2S/c1-17-15-21(29(2)28-17)27-22(33)19-16-35-23(26-19)18-6-9-31(10-7-18)24(34)32-13-11-30(12-14-32)20-5-3-4-8-25-20/h3-5,8,15-16,18H,6-7,9-14H2,1-2H3,(H,27,33). The first-order valence-electron chi connectivity index (χ1n) is 11.9. The predicted octanol–water partition coefficient (Wildman–Crippen LogP) is 2.95. The highest BCUT2D eigenvalue weighted by atomic mass is 32.1. The Bertz CT molecular complexity index is 1180. The number of urea groups is 1. The van der Waals surface area contributed by atoms with Crippen molar-refractivity contribution in [3.63, 3.8) is 0 Å². The number of nitrogens with zero attached hydrogens (tertiary/aromatic N) is 7. The van der Waals surface area contributed by atoms with Gasteiger partial charge in [0.2, 0.25) is 0 Å². The summed E-state index contributed by atoms with van der Waals surface area (Å²) in [5, 5.41) is 9.90. The smallest absolute Gasteiger partial charge is 0.320 e. The second-order valence-electron chi connectivity index (χ2n) is 9.03. The molecule has 2 saturated heterocycles. The van der Waals surface area contributed by atoms with Gasteiger partial charge in [0.1, 0.15) is 17.3 Å². The van der Waals surface area contributed by atoms with E-state index < -0.39 is 0 Å². The van der Waals surface area contributed by atoms with Gasteiger partial charge in [-0.1, -0.05) is 6.07 Å². The Labute approximate surface area is 208 Å². The van der Waals surface area contributed by atoms with E-state index in [-0.39, 0.29) is 17.9 Å². The summed E-state index contributed by atoms with van der Waals surface area (Å²) in [6.45, 7) is 6.30. The highest BCUT2D eigenvalue weighted by Crippen LogP contribution is 2.31. The number of aryl methyl sites for hydroxylation is 2. The molecule has 0 aromatic carbocycles. The molecule has 0 bridgehead atoms. The van der Waals surface area contributed by atoms with Crippen molar-refractivity contribution in [3.8, 4) is 0 Å². The molecule has 3 aromatic heterocycles. The lowest BCUT2D eigenvalue weighted by Crippen LogP contribution is -2.54. The number of carbonyl (C=O) groups is 2. The Morgan fingerprint density at radius 2 is 1.80 bits per heavy atom. The number of piperidine rings is 1. The van der Waals surface area contributed by atoms with Gasteiger partial charge in [0.05, 0.1) is 10.7 Å². The topological polar surface area (TPSA) is 99.5 Å². The first-order valence-corrected chi connectivity index (χ1v) is 12.8. The number of hydrogen-bond donors (Lipinski definition) is 1. The molecular formula is C24H30N8O2S. The first-order chi connectivity index (χ1) is 17.0. The van der Waals surface area contributed by atoms with Crippen LogP contribution in [0.25, 0.3) is 0 Å². The first kappa shape index (κ1) is 23.3. The van der Waals surface area contributed by atoms with E-state index in [0.717, 1.165) is 42.5 Å². The summed E-state index contributed by atoms with van der Waals surface area (Å²) in [6.07, 6.45) is 3.51. The summed E-state index contributed by atoms with van der Waals surface area (Å²) in [7, 11) is 1.80. The minimum atomic E-state index is -0.229. The molecule has 0 saturated carbocycles. The second kappa shape index (κ2) is 10.0. The van der Waals surface area contributed by atoms with Crippen molar-refractivity contribution >= 4 is 34.9 Å². The molecule has 11 heteroatoms. The van der Waals surface area contributed by atoms with Crippen molar-refractivity contribution < 1.29 is 9.59 Å². The van der Waals surface area contributed by atoms with E-state index in [1.54, 1.807) is 17.9 Å². The molecule has 2 aliphatic rings. The van der Waals surface area contributed by atoms with Gasteiger partial charge in [0.15, 0.2) is 0 Å². The monoisotopic (exact) mass is 494 g/mol. The van der Waals surface area contributed by atoms with Crippen LogP contribution < -0.4 is 10.2 Å². The average molecular weight is 495 g/mol. The largest absolute Gasteiger partial charge is 0.353 e. The third-order valence-electron chi connectivity index (χ3n) is 6.64. The zero-order valence-corrected chi connectivity index (χ0v) is 20.9. The predicted molar refractivity (Wildman–Crippen MR) is 135 cm³/mol. The summed E-state index contributed by atoms with van der Waals surface area (Å²) in [6, 6.07) is 7.86. The molecule has 2 aliphatic heterocycles. The number of piperazine rings is 1. The molecule has 3 amide bonds. The van der Waals surface area contributed by atoms with Gasteiger partial charge in [0, 0.05) is 69.9 Å². The molecule has 0 radical (unpaired) electrons. The summed E-state index contributed by atoms with van der Waals surface area (Å²) in [5.74, 6) is 1.65. The summed E-state index contributed by atoms with van der Waals surface area (Å²) >= 11 is 1.52. The molecule has 1 N–H and O–H groups in total. The maximum atomic E-state index is 13.1. The Kier molecular flexibility index (Phi) is 6.67. The maximum absolute atomic E-state index is 13.1. The minimum absolute atomic E-state index is 0.120. The van der Waals surface area contributed by atoms with E-state index in [0.29, 0.717) is 37.7 Å². The molecule has 184 valence electrons. The number of pyridine rings is 1. The molecule has 2 fully saturated rings. The number of thiazole rings is 1. The zero-order valence-electron chi connectivity index (χ0n) is 20.1. The van der Waals surface area contributed by atoms with Crippen LogP contribution in [-0.4, -0.2) is 80.8 Å². The number of rotatable bonds is 4. The normalized spacial score (nSPS) is 17.0. The van der Waals surface area contributed by atoms with Crippen LogP contribution in [-0.2, 0) is 7.05 Å². The fourth-order valence-corrected chi connectivity index (χ4v) is 5.64. The Morgan fingerprint density at radius 1 is 1.06 bits per heavy atom. The van der Waals surface area contributed by atoms with Gasteiger partial charge in [-0.15, -0.1) is 11.3 Å². The fourth-order valence-electron chi connectivity index (χ4n) is 4.67. The van der Waals surface area contributed by atoms with Crippen molar-refractivity contribution in [1.82, 2.24) is 29.5 Å². The van der Waals surface area contributed by atoms with Crippen molar-refractivity contribution in [2.75, 3.05) is 49.5 Å². The molecule has 35 heavy (non-hydrogen) atoms. The van der Waals surface area contributed by atoms with Crippen molar-refractivity contribution in [2.24, 2.45) is 7.05 Å². The summed E-state index contributed by atoms with van der Waals surface area (Å²) < 4.78 is 1.64. The van der Waals surface area contributed by atoms with Gasteiger partial charge in [-0.2, -0.15) is 5.10 Å². The quantitative estimate of drug-likeness (QED) is 0.599. The van der Waals surface area contributed by atoms with Crippen molar-refractivity contribution in [3.05, 3.63) is 52.2 Å². The van der Waals surface area contributed by atoms with Crippen LogP contribution >= 0.6 is 11.3 Å². The SMILES string of the molecule is Cc1cc(NC(=O)c2csc(C3CCN(C(=O)N4CCN(c5ccccn5)CC4)CC3)n2)n(C)n1. The maximum Gasteiger partial charge on any atom is 0.320 e. The van der Waals surface area contributed by atoms with E-state index in [9.17, 15) is 9.59 Å². The van der Waals surface area contributed by atoms with E-state index in [1.807, 2.05) is 46.4 Å². The van der Waals surface area contributed by atoms with Crippen LogP contribution in [0.2, 0.25) is 0 Å². The van der Waals surface area contributed by atoms with Gasteiger partial charge in [-0.25, -0.2) is 14.8 Å². The molecule has 5 heterocycles. The van der Waals surface area contributed by atoms with E-state index in [4.69, 9.17) is 0 Å². The highest BCUT2D eigenvalue weighted by molar-refractivity contribution is 7.10. The number of nitrogens with one attached hydrogen (secondary N) is 1. The Balaban J connectivity index is 1.11. The van der Waals surface area contributed by atoms with Gasteiger partial charge < -0.3 is 20.0 Å². The van der Waals surface area contributed by atoms with E-state index in [2.05, 4.69) is 25.3 Å². The van der Waals surface area contributed by atoms with Crippen LogP contribution in [0.15, 0.2) is 35.8 Å². The number of aromatic nitrogens is 4. The Hall–Kier alpha value is -3.47. The molecule has 0 unspecified atom stereocenters. The van der Waals surface area contributed by atoms with Gasteiger partial charge in [-0.05, 0) is 31.9 Å². The van der Waals surface area contributed by atoms with Crippen LogP contribution in [0.1, 0.15) is 39.9 Å².